The summed E-state index contributed by atoms with van der Waals surface area (Å²) in [4.78, 5) is 0. The lowest BCUT2D eigenvalue weighted by Gasteiger charge is -2.06. The van der Waals surface area contributed by atoms with Crippen LogP contribution < -0.4 is 5.32 Å². The molecule has 1 N–H and O–H groups in total. The van der Waals surface area contributed by atoms with Gasteiger partial charge in [0.05, 0.1) is 5.02 Å². The van der Waals surface area contributed by atoms with E-state index in [2.05, 4.69) is 28.2 Å². The number of benzene rings is 1. The first-order chi connectivity index (χ1) is 7.16. The minimum atomic E-state index is -0.315. The van der Waals surface area contributed by atoms with E-state index in [1.54, 1.807) is 12.1 Å². The molecule has 0 radical (unpaired) electrons. The molecule has 0 bridgehead atoms. The highest BCUT2D eigenvalue weighted by atomic mass is 79.9. The molecule has 0 saturated carbocycles. The lowest BCUT2D eigenvalue weighted by atomic mass is 10.1. The van der Waals surface area contributed by atoms with Crippen molar-refractivity contribution in [3.8, 4) is 0 Å². The Morgan fingerprint density at radius 1 is 1.40 bits per heavy atom. The second-order valence-electron chi connectivity index (χ2n) is 3.33. The molecule has 1 aromatic carbocycles. The fraction of sp³-hybridized carbons (Fsp3) is 0.455. The summed E-state index contributed by atoms with van der Waals surface area (Å²) < 4.78 is 14.2. The largest absolute Gasteiger partial charge is 0.316 e. The van der Waals surface area contributed by atoms with Gasteiger partial charge < -0.3 is 5.32 Å². The molecule has 15 heavy (non-hydrogen) atoms. The Hall–Kier alpha value is -0.120. The van der Waals surface area contributed by atoms with Crippen LogP contribution in [0.3, 0.4) is 0 Å². The lowest BCUT2D eigenvalue weighted by molar-refractivity contribution is 0.596. The zero-order valence-corrected chi connectivity index (χ0v) is 11.0. The van der Waals surface area contributed by atoms with Crippen molar-refractivity contribution < 1.29 is 4.39 Å². The van der Waals surface area contributed by atoms with Gasteiger partial charge in [-0.1, -0.05) is 24.6 Å². The monoisotopic (exact) mass is 293 g/mol. The molecule has 0 aliphatic heterocycles. The van der Waals surface area contributed by atoms with Gasteiger partial charge in [-0.15, -0.1) is 0 Å². The summed E-state index contributed by atoms with van der Waals surface area (Å²) >= 11 is 8.97. The van der Waals surface area contributed by atoms with Crippen molar-refractivity contribution in [2.75, 3.05) is 13.1 Å². The number of halogens is 3. The maximum Gasteiger partial charge on any atom is 0.146 e. The summed E-state index contributed by atoms with van der Waals surface area (Å²) in [6, 6.07) is 3.54. The first-order valence-corrected chi connectivity index (χ1v) is 6.17. The Balaban J connectivity index is 2.58. The third-order valence-corrected chi connectivity index (χ3v) is 3.37. The summed E-state index contributed by atoms with van der Waals surface area (Å²) in [6.45, 7) is 3.85. The number of rotatable bonds is 5. The Morgan fingerprint density at radius 3 is 2.80 bits per heavy atom. The Labute approximate surface area is 103 Å². The Kier molecular flexibility index (Phi) is 5.58. The Morgan fingerprint density at radius 2 is 2.13 bits per heavy atom. The van der Waals surface area contributed by atoms with Crippen LogP contribution in [0.4, 0.5) is 4.39 Å². The van der Waals surface area contributed by atoms with Crippen molar-refractivity contribution in [2.24, 2.45) is 0 Å². The van der Waals surface area contributed by atoms with Gasteiger partial charge in [0.25, 0.3) is 0 Å². The zero-order valence-electron chi connectivity index (χ0n) is 8.62. The predicted octanol–water partition coefficient (Wildman–Crippen LogP) is 3.78. The van der Waals surface area contributed by atoms with E-state index in [-0.39, 0.29) is 10.8 Å². The molecule has 0 aliphatic carbocycles. The fourth-order valence-corrected chi connectivity index (χ4v) is 1.77. The van der Waals surface area contributed by atoms with Crippen LogP contribution in [0.15, 0.2) is 16.6 Å². The molecule has 0 fully saturated rings. The first-order valence-electron chi connectivity index (χ1n) is 5.00. The molecular formula is C11H14BrClFN. The lowest BCUT2D eigenvalue weighted by Crippen LogP contribution is -2.18. The normalized spacial score (nSPS) is 10.7. The average molecular weight is 295 g/mol. The Bertz CT molecular complexity index is 331. The average Bonchev–Trinajstić information content (AvgIpc) is 2.24. The van der Waals surface area contributed by atoms with Crippen molar-refractivity contribution >= 4 is 27.5 Å². The van der Waals surface area contributed by atoms with Crippen LogP contribution in [0.25, 0.3) is 0 Å². The van der Waals surface area contributed by atoms with Gasteiger partial charge in [-0.25, -0.2) is 4.39 Å². The van der Waals surface area contributed by atoms with E-state index in [0.29, 0.717) is 16.5 Å². The molecule has 0 aromatic heterocycles. The maximum atomic E-state index is 13.6. The van der Waals surface area contributed by atoms with Crippen LogP contribution in [0.1, 0.15) is 18.9 Å². The second kappa shape index (κ2) is 6.46. The summed E-state index contributed by atoms with van der Waals surface area (Å²) in [5, 5.41) is 3.39. The number of hydrogen-bond donors (Lipinski definition) is 1. The SMILES string of the molecule is CCCNCCc1ccc(Br)c(Cl)c1F. The van der Waals surface area contributed by atoms with E-state index >= 15 is 0 Å². The highest BCUT2D eigenvalue weighted by molar-refractivity contribution is 9.10. The third kappa shape index (κ3) is 3.74. The van der Waals surface area contributed by atoms with Crippen LogP contribution in [0.2, 0.25) is 5.02 Å². The summed E-state index contributed by atoms with van der Waals surface area (Å²) in [5.41, 5.74) is 0.659. The highest BCUT2D eigenvalue weighted by Gasteiger charge is 2.09. The molecule has 0 unspecified atom stereocenters. The molecule has 0 saturated heterocycles. The first kappa shape index (κ1) is 12.9. The van der Waals surface area contributed by atoms with Crippen molar-refractivity contribution in [2.45, 2.75) is 19.8 Å². The van der Waals surface area contributed by atoms with E-state index in [9.17, 15) is 4.39 Å². The van der Waals surface area contributed by atoms with E-state index < -0.39 is 0 Å². The van der Waals surface area contributed by atoms with Crippen LogP contribution in [-0.4, -0.2) is 13.1 Å². The van der Waals surface area contributed by atoms with Crippen LogP contribution in [-0.2, 0) is 6.42 Å². The van der Waals surface area contributed by atoms with Gasteiger partial charge in [-0.3, -0.25) is 0 Å². The standard InChI is InChI=1S/C11H14BrClFN/c1-2-6-15-7-5-8-3-4-9(12)10(13)11(8)14/h3-4,15H,2,5-7H2,1H3. The fourth-order valence-electron chi connectivity index (χ4n) is 1.28. The second-order valence-corrected chi connectivity index (χ2v) is 4.57. The van der Waals surface area contributed by atoms with Crippen molar-refractivity contribution in [3.05, 3.63) is 33.0 Å². The molecule has 4 heteroatoms. The smallest absolute Gasteiger partial charge is 0.146 e. The van der Waals surface area contributed by atoms with Crippen LogP contribution in [0, 0.1) is 5.82 Å². The van der Waals surface area contributed by atoms with Crippen LogP contribution in [0.5, 0.6) is 0 Å². The predicted molar refractivity (Wildman–Crippen MR) is 66.0 cm³/mol. The van der Waals surface area contributed by atoms with E-state index in [4.69, 9.17) is 11.6 Å². The zero-order chi connectivity index (χ0) is 11.3. The van der Waals surface area contributed by atoms with Crippen LogP contribution >= 0.6 is 27.5 Å². The van der Waals surface area contributed by atoms with Gasteiger partial charge in [0.1, 0.15) is 5.82 Å². The molecule has 1 nitrogen and oxygen atoms in total. The molecule has 0 aliphatic rings. The molecular weight excluding hydrogens is 280 g/mol. The van der Waals surface area contributed by atoms with E-state index in [1.165, 1.54) is 0 Å². The summed E-state index contributed by atoms with van der Waals surface area (Å²) in [7, 11) is 0. The van der Waals surface area contributed by atoms with E-state index in [0.717, 1.165) is 19.5 Å². The summed E-state index contributed by atoms with van der Waals surface area (Å²) in [6.07, 6.45) is 1.75. The quantitative estimate of drug-likeness (QED) is 0.644. The third-order valence-electron chi connectivity index (χ3n) is 2.11. The minimum Gasteiger partial charge on any atom is -0.316 e. The van der Waals surface area contributed by atoms with Gasteiger partial charge in [0, 0.05) is 4.47 Å². The molecule has 0 amide bonds. The molecule has 1 aromatic rings. The van der Waals surface area contributed by atoms with E-state index in [1.807, 2.05) is 0 Å². The number of hydrogen-bond acceptors (Lipinski definition) is 1. The van der Waals surface area contributed by atoms with Crippen molar-refractivity contribution in [3.63, 3.8) is 0 Å². The van der Waals surface area contributed by atoms with Gasteiger partial charge >= 0.3 is 0 Å². The molecule has 0 atom stereocenters. The molecule has 0 spiro atoms. The summed E-state index contributed by atoms with van der Waals surface area (Å²) in [5.74, 6) is -0.315. The van der Waals surface area contributed by atoms with Gasteiger partial charge in [-0.05, 0) is 53.5 Å². The number of nitrogens with one attached hydrogen (secondary N) is 1. The minimum absolute atomic E-state index is 0.169. The molecule has 0 heterocycles. The van der Waals surface area contributed by atoms with Gasteiger partial charge in [-0.2, -0.15) is 0 Å². The van der Waals surface area contributed by atoms with Crippen molar-refractivity contribution in [1.82, 2.24) is 5.32 Å². The highest BCUT2D eigenvalue weighted by Crippen LogP contribution is 2.27. The maximum absolute atomic E-state index is 13.6. The van der Waals surface area contributed by atoms with Gasteiger partial charge in [0.2, 0.25) is 0 Å². The molecule has 84 valence electrons. The van der Waals surface area contributed by atoms with Crippen molar-refractivity contribution in [1.29, 1.82) is 0 Å². The molecule has 1 rings (SSSR count). The topological polar surface area (TPSA) is 12.0 Å². The van der Waals surface area contributed by atoms with Gasteiger partial charge in [0.15, 0.2) is 0 Å².